The maximum absolute atomic E-state index is 13.2. The van der Waals surface area contributed by atoms with Crippen LogP contribution < -0.4 is 4.90 Å². The number of unbranched alkanes of at least 4 members (excludes halogenated alkanes) is 3. The molecule has 2 heterocycles. The van der Waals surface area contributed by atoms with Crippen LogP contribution in [0.5, 0.6) is 0 Å². The fraction of sp³-hybridized carbons (Fsp3) is 0.393. The van der Waals surface area contributed by atoms with Crippen molar-refractivity contribution in [1.29, 1.82) is 0 Å². The molecule has 3 rings (SSSR count). The largest absolute Gasteiger partial charge is 0.312 e. The molecule has 0 aliphatic heterocycles. The molecular formula is C28H35N3O. The third-order valence-electron chi connectivity index (χ3n) is 5.91. The number of rotatable bonds is 12. The average Bonchev–Trinajstić information content (AvgIpc) is 2.81. The number of aryl methyl sites for hydroxylation is 4. The molecule has 3 aromatic rings. The molecule has 0 N–H and O–H groups in total. The van der Waals surface area contributed by atoms with Gasteiger partial charge >= 0.3 is 0 Å². The second-order valence-electron chi connectivity index (χ2n) is 8.53. The summed E-state index contributed by atoms with van der Waals surface area (Å²) in [6.45, 7) is 4.99. The highest BCUT2D eigenvalue weighted by molar-refractivity contribution is 5.94. The number of pyridine rings is 2. The lowest BCUT2D eigenvalue weighted by Gasteiger charge is -2.26. The molecule has 0 aliphatic carbocycles. The number of hydrogen-bond donors (Lipinski definition) is 0. The van der Waals surface area contributed by atoms with Crippen molar-refractivity contribution in [3.05, 3.63) is 89.5 Å². The number of benzene rings is 1. The van der Waals surface area contributed by atoms with Crippen LogP contribution in [0.15, 0.2) is 67.3 Å². The monoisotopic (exact) mass is 429 g/mol. The molecular weight excluding hydrogens is 394 g/mol. The number of carbonyl (C=O) groups is 1. The summed E-state index contributed by atoms with van der Waals surface area (Å²) in [5.74, 6) is 0.224. The van der Waals surface area contributed by atoms with E-state index in [1.54, 1.807) is 6.20 Å². The second-order valence-corrected chi connectivity index (χ2v) is 8.53. The van der Waals surface area contributed by atoms with Gasteiger partial charge in [-0.15, -0.1) is 0 Å². The van der Waals surface area contributed by atoms with Gasteiger partial charge in [0.25, 0.3) is 0 Å². The van der Waals surface area contributed by atoms with Gasteiger partial charge in [-0.2, -0.15) is 0 Å². The summed E-state index contributed by atoms with van der Waals surface area (Å²) in [4.78, 5) is 23.6. The third-order valence-corrected chi connectivity index (χ3v) is 5.91. The normalized spacial score (nSPS) is 10.8. The second kappa shape index (κ2) is 12.7. The van der Waals surface area contributed by atoms with Crippen molar-refractivity contribution in [3.8, 4) is 0 Å². The lowest BCUT2D eigenvalue weighted by molar-refractivity contribution is -0.118. The number of anilines is 1. The third kappa shape index (κ3) is 7.30. The first-order valence-electron chi connectivity index (χ1n) is 11.8. The Bertz CT molecular complexity index is 937. The topological polar surface area (TPSA) is 46.1 Å². The summed E-state index contributed by atoms with van der Waals surface area (Å²) in [7, 11) is 0. The standard InChI is InChI=1S/C28H35N3O/c1-23-11-7-12-24(2)28(23)31(27(32)17-8-14-26-16-10-19-30-22-26)20-6-4-3-5-13-25-15-9-18-29-21-25/h7,9-12,15-16,18-19,21-22H,3-6,8,13-14,17,20H2,1-2H3. The molecule has 2 aromatic heterocycles. The number of amides is 1. The quantitative estimate of drug-likeness (QED) is 0.320. The van der Waals surface area contributed by atoms with Gasteiger partial charge in [0.2, 0.25) is 5.91 Å². The van der Waals surface area contributed by atoms with Crippen molar-refractivity contribution in [3.63, 3.8) is 0 Å². The minimum atomic E-state index is 0.224. The molecule has 0 atom stereocenters. The van der Waals surface area contributed by atoms with E-state index < -0.39 is 0 Å². The molecule has 0 fully saturated rings. The Morgan fingerprint density at radius 2 is 1.34 bits per heavy atom. The minimum Gasteiger partial charge on any atom is -0.312 e. The molecule has 0 unspecified atom stereocenters. The Kier molecular flexibility index (Phi) is 9.42. The first kappa shape index (κ1) is 23.6. The molecule has 32 heavy (non-hydrogen) atoms. The fourth-order valence-electron chi connectivity index (χ4n) is 4.22. The summed E-state index contributed by atoms with van der Waals surface area (Å²) in [6, 6.07) is 14.4. The van der Waals surface area contributed by atoms with E-state index in [-0.39, 0.29) is 5.91 Å². The van der Waals surface area contributed by atoms with Gasteiger partial charge in [-0.1, -0.05) is 43.2 Å². The molecule has 0 bridgehead atoms. The van der Waals surface area contributed by atoms with Crippen LogP contribution in [0.3, 0.4) is 0 Å². The summed E-state index contributed by atoms with van der Waals surface area (Å²) in [5.41, 5.74) is 5.92. The van der Waals surface area contributed by atoms with Crippen LogP contribution in [-0.2, 0) is 17.6 Å². The van der Waals surface area contributed by atoms with Crippen LogP contribution >= 0.6 is 0 Å². The van der Waals surface area contributed by atoms with Crippen LogP contribution in [0.2, 0.25) is 0 Å². The maximum Gasteiger partial charge on any atom is 0.227 e. The number of hydrogen-bond acceptors (Lipinski definition) is 3. The minimum absolute atomic E-state index is 0.224. The average molecular weight is 430 g/mol. The number of para-hydroxylation sites is 1. The van der Waals surface area contributed by atoms with Gasteiger partial charge in [-0.3, -0.25) is 14.8 Å². The van der Waals surface area contributed by atoms with Crippen molar-refractivity contribution < 1.29 is 4.79 Å². The van der Waals surface area contributed by atoms with Gasteiger partial charge in [0, 0.05) is 43.4 Å². The molecule has 4 heteroatoms. The number of aromatic nitrogens is 2. The van der Waals surface area contributed by atoms with Gasteiger partial charge in [0.05, 0.1) is 0 Å². The summed E-state index contributed by atoms with van der Waals surface area (Å²) in [6.07, 6.45) is 15.3. The molecule has 0 aliphatic rings. The highest BCUT2D eigenvalue weighted by Gasteiger charge is 2.18. The van der Waals surface area contributed by atoms with E-state index >= 15 is 0 Å². The van der Waals surface area contributed by atoms with Crippen LogP contribution in [-0.4, -0.2) is 22.4 Å². The van der Waals surface area contributed by atoms with Gasteiger partial charge in [0.15, 0.2) is 0 Å². The van der Waals surface area contributed by atoms with E-state index in [9.17, 15) is 4.79 Å². The summed E-state index contributed by atoms with van der Waals surface area (Å²) >= 11 is 0. The number of carbonyl (C=O) groups excluding carboxylic acids is 1. The smallest absolute Gasteiger partial charge is 0.227 e. The fourth-order valence-corrected chi connectivity index (χ4v) is 4.22. The van der Waals surface area contributed by atoms with Gasteiger partial charge in [-0.25, -0.2) is 0 Å². The van der Waals surface area contributed by atoms with Crippen LogP contribution in [0.4, 0.5) is 5.69 Å². The predicted molar refractivity (Wildman–Crippen MR) is 132 cm³/mol. The van der Waals surface area contributed by atoms with Gasteiger partial charge in [-0.05, 0) is 80.3 Å². The zero-order chi connectivity index (χ0) is 22.6. The van der Waals surface area contributed by atoms with Gasteiger partial charge in [0.1, 0.15) is 0 Å². The Hall–Kier alpha value is -3.01. The SMILES string of the molecule is Cc1cccc(C)c1N(CCCCCCc1cccnc1)C(=O)CCCc1cccnc1. The summed E-state index contributed by atoms with van der Waals surface area (Å²) in [5, 5.41) is 0. The first-order valence-corrected chi connectivity index (χ1v) is 11.8. The molecule has 0 radical (unpaired) electrons. The van der Waals surface area contributed by atoms with E-state index in [1.807, 2.05) is 35.6 Å². The van der Waals surface area contributed by atoms with Crippen molar-refractivity contribution in [2.24, 2.45) is 0 Å². The van der Waals surface area contributed by atoms with Crippen LogP contribution in [0, 0.1) is 13.8 Å². The van der Waals surface area contributed by atoms with E-state index in [1.165, 1.54) is 28.7 Å². The Morgan fingerprint density at radius 3 is 1.94 bits per heavy atom. The van der Waals surface area contributed by atoms with Crippen molar-refractivity contribution in [2.75, 3.05) is 11.4 Å². The predicted octanol–water partition coefficient (Wildman–Crippen LogP) is 6.25. The Labute approximate surface area is 192 Å². The van der Waals surface area contributed by atoms with E-state index in [2.05, 4.69) is 54.1 Å². The lowest BCUT2D eigenvalue weighted by Crippen LogP contribution is -2.33. The number of nitrogens with zero attached hydrogens (tertiary/aromatic N) is 3. The molecule has 4 nitrogen and oxygen atoms in total. The molecule has 1 aromatic carbocycles. The molecule has 0 saturated heterocycles. The zero-order valence-electron chi connectivity index (χ0n) is 19.5. The van der Waals surface area contributed by atoms with E-state index in [0.717, 1.165) is 50.8 Å². The van der Waals surface area contributed by atoms with E-state index in [0.29, 0.717) is 6.42 Å². The van der Waals surface area contributed by atoms with Gasteiger partial charge < -0.3 is 4.90 Å². The lowest BCUT2D eigenvalue weighted by atomic mass is 10.0. The van der Waals surface area contributed by atoms with Crippen LogP contribution in [0.25, 0.3) is 0 Å². The van der Waals surface area contributed by atoms with Crippen molar-refractivity contribution >= 4 is 11.6 Å². The first-order chi connectivity index (χ1) is 15.6. The van der Waals surface area contributed by atoms with Crippen LogP contribution in [0.1, 0.15) is 60.8 Å². The Balaban J connectivity index is 1.53. The molecule has 0 saturated carbocycles. The van der Waals surface area contributed by atoms with E-state index in [4.69, 9.17) is 0 Å². The van der Waals surface area contributed by atoms with Crippen molar-refractivity contribution in [2.45, 2.75) is 65.2 Å². The molecule has 0 spiro atoms. The highest BCUT2D eigenvalue weighted by Crippen LogP contribution is 2.26. The van der Waals surface area contributed by atoms with Crippen molar-refractivity contribution in [1.82, 2.24) is 9.97 Å². The zero-order valence-corrected chi connectivity index (χ0v) is 19.5. The molecule has 1 amide bonds. The Morgan fingerprint density at radius 1 is 0.750 bits per heavy atom. The summed E-state index contributed by atoms with van der Waals surface area (Å²) < 4.78 is 0. The highest BCUT2D eigenvalue weighted by atomic mass is 16.2. The molecule has 168 valence electrons. The maximum atomic E-state index is 13.2.